The van der Waals surface area contributed by atoms with Crippen LogP contribution in [0.5, 0.6) is 0 Å². The first-order chi connectivity index (χ1) is 11.5. The summed E-state index contributed by atoms with van der Waals surface area (Å²) in [5.41, 5.74) is 1.25. The molecule has 1 saturated heterocycles. The van der Waals surface area contributed by atoms with Gasteiger partial charge in [-0.15, -0.1) is 0 Å². The number of nitrogens with zero attached hydrogens (tertiary/aromatic N) is 2. The van der Waals surface area contributed by atoms with Gasteiger partial charge >= 0.3 is 0 Å². The summed E-state index contributed by atoms with van der Waals surface area (Å²) < 4.78 is 26.4. The fourth-order valence-corrected chi connectivity index (χ4v) is 4.17. The van der Waals surface area contributed by atoms with Crippen molar-refractivity contribution in [3.63, 3.8) is 0 Å². The molecule has 0 spiro atoms. The number of sulfonamides is 1. The van der Waals surface area contributed by atoms with E-state index < -0.39 is 10.0 Å². The number of rotatable bonds is 4. The van der Waals surface area contributed by atoms with E-state index in [0.717, 1.165) is 18.4 Å². The predicted molar refractivity (Wildman–Crippen MR) is 91.4 cm³/mol. The first-order valence-corrected chi connectivity index (χ1v) is 9.26. The van der Waals surface area contributed by atoms with E-state index in [1.807, 2.05) is 13.0 Å². The number of anilines is 1. The average Bonchev–Trinajstić information content (AvgIpc) is 3.12. The van der Waals surface area contributed by atoms with E-state index in [-0.39, 0.29) is 10.8 Å². The van der Waals surface area contributed by atoms with Crippen LogP contribution in [0.3, 0.4) is 0 Å². The lowest BCUT2D eigenvalue weighted by Gasteiger charge is -2.15. The maximum Gasteiger partial charge on any atom is 0.256 e. The summed E-state index contributed by atoms with van der Waals surface area (Å²) in [6.45, 7) is 2.97. The summed E-state index contributed by atoms with van der Waals surface area (Å²) in [6, 6.07) is 9.66. The molecule has 6 nitrogen and oxygen atoms in total. The van der Waals surface area contributed by atoms with Gasteiger partial charge in [-0.3, -0.25) is 4.79 Å². The van der Waals surface area contributed by atoms with Crippen molar-refractivity contribution in [2.45, 2.75) is 24.7 Å². The number of nitrogens with one attached hydrogen (secondary N) is 1. The predicted octanol–water partition coefficient (Wildman–Crippen LogP) is 2.43. The van der Waals surface area contributed by atoms with Gasteiger partial charge in [0.05, 0.1) is 4.90 Å². The maximum absolute atomic E-state index is 12.5. The SMILES string of the molecule is Cc1cccnc1NC(=O)c1ccc(S(=O)(=O)N2CCCC2)cc1. The number of aryl methyl sites for hydroxylation is 1. The first-order valence-electron chi connectivity index (χ1n) is 7.82. The van der Waals surface area contributed by atoms with Crippen LogP contribution >= 0.6 is 0 Å². The van der Waals surface area contributed by atoms with Gasteiger partial charge in [0.25, 0.3) is 5.91 Å². The molecule has 2 heterocycles. The van der Waals surface area contributed by atoms with Gasteiger partial charge in [0.15, 0.2) is 0 Å². The van der Waals surface area contributed by atoms with Crippen LogP contribution in [0.2, 0.25) is 0 Å². The minimum atomic E-state index is -3.46. The maximum atomic E-state index is 12.5. The summed E-state index contributed by atoms with van der Waals surface area (Å²) in [4.78, 5) is 16.6. The van der Waals surface area contributed by atoms with Crippen LogP contribution < -0.4 is 5.32 Å². The zero-order valence-electron chi connectivity index (χ0n) is 13.4. The Morgan fingerprint density at radius 2 is 1.79 bits per heavy atom. The van der Waals surface area contributed by atoms with Gasteiger partial charge in [0.1, 0.15) is 5.82 Å². The van der Waals surface area contributed by atoms with Crippen molar-refractivity contribution >= 4 is 21.7 Å². The summed E-state index contributed by atoms with van der Waals surface area (Å²) in [6.07, 6.45) is 3.39. The van der Waals surface area contributed by atoms with Gasteiger partial charge in [0.2, 0.25) is 10.0 Å². The van der Waals surface area contributed by atoms with Crippen molar-refractivity contribution in [1.82, 2.24) is 9.29 Å². The van der Waals surface area contributed by atoms with Gasteiger partial charge in [-0.25, -0.2) is 13.4 Å². The van der Waals surface area contributed by atoms with Crippen molar-refractivity contribution in [1.29, 1.82) is 0 Å². The third kappa shape index (κ3) is 3.32. The Balaban J connectivity index is 1.77. The standard InChI is InChI=1S/C17H19N3O3S/c1-13-5-4-10-18-16(13)19-17(21)14-6-8-15(9-7-14)24(22,23)20-11-2-3-12-20/h4-10H,2-3,11-12H2,1H3,(H,18,19,21). The van der Waals surface area contributed by atoms with Gasteiger partial charge in [-0.2, -0.15) is 4.31 Å². The van der Waals surface area contributed by atoms with E-state index in [0.29, 0.717) is 24.5 Å². The van der Waals surface area contributed by atoms with Crippen LogP contribution in [0.4, 0.5) is 5.82 Å². The van der Waals surface area contributed by atoms with Crippen LogP contribution in [0.1, 0.15) is 28.8 Å². The largest absolute Gasteiger partial charge is 0.306 e. The van der Waals surface area contributed by atoms with Crippen molar-refractivity contribution in [3.05, 3.63) is 53.7 Å². The number of amides is 1. The molecule has 0 bridgehead atoms. The topological polar surface area (TPSA) is 79.4 Å². The highest BCUT2D eigenvalue weighted by Crippen LogP contribution is 2.21. The molecule has 0 unspecified atom stereocenters. The molecule has 0 atom stereocenters. The second kappa shape index (κ2) is 6.70. The van der Waals surface area contributed by atoms with Crippen LogP contribution in [0.15, 0.2) is 47.5 Å². The van der Waals surface area contributed by atoms with Gasteiger partial charge in [-0.05, 0) is 55.7 Å². The van der Waals surface area contributed by atoms with E-state index in [4.69, 9.17) is 0 Å². The molecule has 24 heavy (non-hydrogen) atoms. The fourth-order valence-electron chi connectivity index (χ4n) is 2.65. The second-order valence-electron chi connectivity index (χ2n) is 5.76. The molecule has 0 saturated carbocycles. The van der Waals surface area contributed by atoms with E-state index in [1.165, 1.54) is 28.6 Å². The highest BCUT2D eigenvalue weighted by Gasteiger charge is 2.27. The molecular weight excluding hydrogens is 326 g/mol. The number of carbonyl (C=O) groups excluding carboxylic acids is 1. The molecule has 1 fully saturated rings. The second-order valence-corrected chi connectivity index (χ2v) is 7.70. The van der Waals surface area contributed by atoms with E-state index in [9.17, 15) is 13.2 Å². The highest BCUT2D eigenvalue weighted by molar-refractivity contribution is 7.89. The zero-order chi connectivity index (χ0) is 17.2. The molecule has 0 radical (unpaired) electrons. The van der Waals surface area contributed by atoms with Crippen molar-refractivity contribution in [3.8, 4) is 0 Å². The van der Waals surface area contributed by atoms with E-state index >= 15 is 0 Å². The van der Waals surface area contributed by atoms with Crippen molar-refractivity contribution in [2.24, 2.45) is 0 Å². The molecule has 126 valence electrons. The van der Waals surface area contributed by atoms with Gasteiger partial charge < -0.3 is 5.32 Å². The molecule has 2 aromatic rings. The lowest BCUT2D eigenvalue weighted by Crippen LogP contribution is -2.27. The van der Waals surface area contributed by atoms with Crippen LogP contribution in [-0.2, 0) is 10.0 Å². The molecule has 1 aliphatic rings. The smallest absolute Gasteiger partial charge is 0.256 e. The average molecular weight is 345 g/mol. The van der Waals surface area contributed by atoms with Crippen LogP contribution in [0, 0.1) is 6.92 Å². The Hall–Kier alpha value is -2.25. The third-order valence-corrected chi connectivity index (χ3v) is 5.97. The fraction of sp³-hybridized carbons (Fsp3) is 0.294. The Labute approximate surface area is 141 Å². The number of hydrogen-bond acceptors (Lipinski definition) is 4. The molecule has 1 amide bonds. The molecule has 1 aromatic heterocycles. The number of carbonyl (C=O) groups is 1. The summed E-state index contributed by atoms with van der Waals surface area (Å²) in [7, 11) is -3.46. The Kier molecular flexibility index (Phi) is 4.64. The molecule has 0 aliphatic carbocycles. The van der Waals surface area contributed by atoms with Crippen LogP contribution in [0.25, 0.3) is 0 Å². The Morgan fingerprint density at radius 3 is 2.42 bits per heavy atom. The summed E-state index contributed by atoms with van der Waals surface area (Å²) in [5.74, 6) is 0.179. The van der Waals surface area contributed by atoms with E-state index in [1.54, 1.807) is 12.3 Å². The molecule has 1 aromatic carbocycles. The first kappa shape index (κ1) is 16.6. The van der Waals surface area contributed by atoms with Crippen LogP contribution in [-0.4, -0.2) is 36.7 Å². The van der Waals surface area contributed by atoms with Gasteiger partial charge in [-0.1, -0.05) is 6.07 Å². The number of benzene rings is 1. The Morgan fingerprint density at radius 1 is 1.12 bits per heavy atom. The molecule has 1 N–H and O–H groups in total. The van der Waals surface area contributed by atoms with Gasteiger partial charge in [0, 0.05) is 24.8 Å². The molecule has 1 aliphatic heterocycles. The summed E-state index contributed by atoms with van der Waals surface area (Å²) in [5, 5.41) is 2.73. The third-order valence-electron chi connectivity index (χ3n) is 4.06. The normalized spacial score (nSPS) is 15.4. The number of hydrogen-bond donors (Lipinski definition) is 1. The lowest BCUT2D eigenvalue weighted by molar-refractivity contribution is 0.102. The van der Waals surface area contributed by atoms with Crippen molar-refractivity contribution < 1.29 is 13.2 Å². The van der Waals surface area contributed by atoms with E-state index in [2.05, 4.69) is 10.3 Å². The highest BCUT2D eigenvalue weighted by atomic mass is 32.2. The number of pyridine rings is 1. The number of aromatic nitrogens is 1. The monoisotopic (exact) mass is 345 g/mol. The molecule has 3 rings (SSSR count). The molecular formula is C17H19N3O3S. The lowest BCUT2D eigenvalue weighted by atomic mass is 10.2. The minimum absolute atomic E-state index is 0.218. The quantitative estimate of drug-likeness (QED) is 0.923. The zero-order valence-corrected chi connectivity index (χ0v) is 14.2. The molecule has 7 heteroatoms. The minimum Gasteiger partial charge on any atom is -0.306 e. The summed E-state index contributed by atoms with van der Waals surface area (Å²) >= 11 is 0. The van der Waals surface area contributed by atoms with Crippen molar-refractivity contribution in [2.75, 3.05) is 18.4 Å². The Bertz CT molecular complexity index is 842.